The Hall–Kier alpha value is -2.02. The standard InChI is InChI=1S/C11H11N5OS/c1-5-9(13-6(2)12-5)11-15-10(16-17-11)8-4-18-7(3)14-8/h4H,1-3H3,(H,12,13). The number of rotatable bonds is 2. The number of aromatic nitrogens is 5. The molecule has 3 aromatic heterocycles. The first-order valence-electron chi connectivity index (χ1n) is 5.43. The lowest BCUT2D eigenvalue weighted by Crippen LogP contribution is -1.83. The van der Waals surface area contributed by atoms with Crippen molar-refractivity contribution in [3.63, 3.8) is 0 Å². The lowest BCUT2D eigenvalue weighted by molar-refractivity contribution is 0.430. The van der Waals surface area contributed by atoms with Crippen LogP contribution in [0.15, 0.2) is 9.90 Å². The van der Waals surface area contributed by atoms with Crippen molar-refractivity contribution in [2.24, 2.45) is 0 Å². The highest BCUT2D eigenvalue weighted by Gasteiger charge is 2.16. The molecule has 3 heterocycles. The second kappa shape index (κ2) is 4.02. The van der Waals surface area contributed by atoms with Gasteiger partial charge in [0.05, 0.1) is 5.01 Å². The van der Waals surface area contributed by atoms with Gasteiger partial charge in [0.1, 0.15) is 17.2 Å². The van der Waals surface area contributed by atoms with Crippen LogP contribution >= 0.6 is 11.3 Å². The van der Waals surface area contributed by atoms with E-state index in [4.69, 9.17) is 4.52 Å². The van der Waals surface area contributed by atoms with Crippen molar-refractivity contribution in [3.05, 3.63) is 21.9 Å². The molecule has 7 heteroatoms. The molecular weight excluding hydrogens is 250 g/mol. The fourth-order valence-corrected chi connectivity index (χ4v) is 2.30. The number of hydrogen-bond acceptors (Lipinski definition) is 6. The van der Waals surface area contributed by atoms with E-state index >= 15 is 0 Å². The van der Waals surface area contributed by atoms with Gasteiger partial charge in [-0.1, -0.05) is 5.16 Å². The highest BCUT2D eigenvalue weighted by atomic mass is 32.1. The zero-order valence-corrected chi connectivity index (χ0v) is 11.0. The average Bonchev–Trinajstić information content (AvgIpc) is 2.98. The summed E-state index contributed by atoms with van der Waals surface area (Å²) in [4.78, 5) is 16.1. The largest absolute Gasteiger partial charge is 0.346 e. The van der Waals surface area contributed by atoms with Crippen LogP contribution in [0.1, 0.15) is 16.5 Å². The molecule has 3 rings (SSSR count). The topological polar surface area (TPSA) is 80.5 Å². The molecule has 0 fully saturated rings. The molecule has 0 radical (unpaired) electrons. The minimum Gasteiger partial charge on any atom is -0.346 e. The summed E-state index contributed by atoms with van der Waals surface area (Å²) in [5.41, 5.74) is 2.34. The number of H-pyrrole nitrogens is 1. The Balaban J connectivity index is 2.01. The summed E-state index contributed by atoms with van der Waals surface area (Å²) >= 11 is 1.56. The second-order valence-corrected chi connectivity index (χ2v) is 5.03. The van der Waals surface area contributed by atoms with Crippen LogP contribution in [0, 0.1) is 20.8 Å². The van der Waals surface area contributed by atoms with Crippen LogP contribution in [0.5, 0.6) is 0 Å². The van der Waals surface area contributed by atoms with E-state index in [9.17, 15) is 0 Å². The van der Waals surface area contributed by atoms with E-state index in [1.807, 2.05) is 26.2 Å². The van der Waals surface area contributed by atoms with Gasteiger partial charge in [-0.2, -0.15) is 4.98 Å². The Morgan fingerprint density at radius 2 is 2.00 bits per heavy atom. The lowest BCUT2D eigenvalue weighted by Gasteiger charge is -1.87. The minimum atomic E-state index is 0.414. The van der Waals surface area contributed by atoms with Gasteiger partial charge in [0, 0.05) is 11.1 Å². The van der Waals surface area contributed by atoms with Crippen molar-refractivity contribution < 1.29 is 4.52 Å². The maximum absolute atomic E-state index is 5.23. The molecule has 0 aliphatic carbocycles. The highest BCUT2D eigenvalue weighted by molar-refractivity contribution is 7.09. The molecule has 0 spiro atoms. The van der Waals surface area contributed by atoms with Crippen LogP contribution in [-0.4, -0.2) is 25.1 Å². The van der Waals surface area contributed by atoms with E-state index in [1.165, 1.54) is 0 Å². The van der Waals surface area contributed by atoms with Crippen molar-refractivity contribution in [2.45, 2.75) is 20.8 Å². The summed E-state index contributed by atoms with van der Waals surface area (Å²) < 4.78 is 5.23. The summed E-state index contributed by atoms with van der Waals surface area (Å²) in [5, 5.41) is 6.82. The zero-order valence-electron chi connectivity index (χ0n) is 10.2. The number of nitrogens with zero attached hydrogens (tertiary/aromatic N) is 4. The van der Waals surface area contributed by atoms with Gasteiger partial charge in [-0.15, -0.1) is 11.3 Å². The molecule has 0 atom stereocenters. The number of aromatic amines is 1. The third kappa shape index (κ3) is 1.82. The average molecular weight is 261 g/mol. The van der Waals surface area contributed by atoms with Gasteiger partial charge < -0.3 is 9.51 Å². The molecule has 18 heavy (non-hydrogen) atoms. The quantitative estimate of drug-likeness (QED) is 0.766. The van der Waals surface area contributed by atoms with Crippen LogP contribution in [-0.2, 0) is 0 Å². The van der Waals surface area contributed by atoms with Crippen molar-refractivity contribution in [2.75, 3.05) is 0 Å². The van der Waals surface area contributed by atoms with Gasteiger partial charge in [0.25, 0.3) is 5.89 Å². The van der Waals surface area contributed by atoms with E-state index in [2.05, 4.69) is 25.1 Å². The maximum atomic E-state index is 5.23. The first kappa shape index (κ1) is 11.1. The first-order valence-corrected chi connectivity index (χ1v) is 6.31. The SMILES string of the molecule is Cc1nc(-c2nc(-c3csc(C)n3)no2)c(C)[nH]1. The Morgan fingerprint density at radius 3 is 2.61 bits per heavy atom. The Morgan fingerprint density at radius 1 is 1.17 bits per heavy atom. The number of thiazole rings is 1. The third-order valence-electron chi connectivity index (χ3n) is 2.48. The van der Waals surface area contributed by atoms with Gasteiger partial charge in [0.15, 0.2) is 0 Å². The van der Waals surface area contributed by atoms with Crippen molar-refractivity contribution in [3.8, 4) is 23.1 Å². The second-order valence-electron chi connectivity index (χ2n) is 3.97. The van der Waals surface area contributed by atoms with E-state index in [-0.39, 0.29) is 0 Å². The molecule has 0 amide bonds. The predicted octanol–water partition coefficient (Wildman–Crippen LogP) is 2.51. The highest BCUT2D eigenvalue weighted by Crippen LogP contribution is 2.23. The normalized spacial score (nSPS) is 11.1. The third-order valence-corrected chi connectivity index (χ3v) is 3.25. The Kier molecular flexibility index (Phi) is 2.48. The molecule has 6 nitrogen and oxygen atoms in total. The molecule has 1 N–H and O–H groups in total. The molecule has 0 aliphatic heterocycles. The van der Waals surface area contributed by atoms with Gasteiger partial charge in [-0.25, -0.2) is 9.97 Å². The van der Waals surface area contributed by atoms with Gasteiger partial charge in [0.2, 0.25) is 5.82 Å². The summed E-state index contributed by atoms with van der Waals surface area (Å²) in [6, 6.07) is 0. The molecule has 0 saturated carbocycles. The van der Waals surface area contributed by atoms with Crippen molar-refractivity contribution >= 4 is 11.3 Å². The zero-order chi connectivity index (χ0) is 12.7. The summed E-state index contributed by atoms with van der Waals surface area (Å²) in [5.74, 6) is 1.73. The summed E-state index contributed by atoms with van der Waals surface area (Å²) in [7, 11) is 0. The van der Waals surface area contributed by atoms with E-state index < -0.39 is 0 Å². The number of nitrogens with one attached hydrogen (secondary N) is 1. The summed E-state index contributed by atoms with van der Waals surface area (Å²) in [6.07, 6.45) is 0. The fraction of sp³-hybridized carbons (Fsp3) is 0.273. The van der Waals surface area contributed by atoms with Gasteiger partial charge >= 0.3 is 0 Å². The molecule has 3 aromatic rings. The minimum absolute atomic E-state index is 0.414. The van der Waals surface area contributed by atoms with Crippen LogP contribution in [0.3, 0.4) is 0 Å². The fourth-order valence-electron chi connectivity index (χ4n) is 1.71. The van der Waals surface area contributed by atoms with Crippen LogP contribution in [0.25, 0.3) is 23.1 Å². The number of hydrogen-bond donors (Lipinski definition) is 1. The maximum Gasteiger partial charge on any atom is 0.278 e. The first-order chi connectivity index (χ1) is 8.63. The van der Waals surface area contributed by atoms with Crippen LogP contribution in [0.2, 0.25) is 0 Å². The Labute approximate surface area is 107 Å². The molecule has 92 valence electrons. The molecular formula is C11H11N5OS. The molecule has 0 bridgehead atoms. The van der Waals surface area contributed by atoms with Gasteiger partial charge in [-0.05, 0) is 20.8 Å². The smallest absolute Gasteiger partial charge is 0.278 e. The molecule has 0 aliphatic rings. The van der Waals surface area contributed by atoms with E-state index in [0.29, 0.717) is 17.4 Å². The molecule has 0 aromatic carbocycles. The van der Waals surface area contributed by atoms with Crippen LogP contribution < -0.4 is 0 Å². The van der Waals surface area contributed by atoms with E-state index in [1.54, 1.807) is 11.3 Å². The monoisotopic (exact) mass is 261 g/mol. The Bertz CT molecular complexity index is 696. The predicted molar refractivity (Wildman–Crippen MR) is 67.2 cm³/mol. The summed E-state index contributed by atoms with van der Waals surface area (Å²) in [6.45, 7) is 5.75. The lowest BCUT2D eigenvalue weighted by atomic mass is 10.3. The van der Waals surface area contributed by atoms with Crippen molar-refractivity contribution in [1.82, 2.24) is 25.1 Å². The number of imidazole rings is 1. The number of aryl methyl sites for hydroxylation is 3. The van der Waals surface area contributed by atoms with Crippen molar-refractivity contribution in [1.29, 1.82) is 0 Å². The molecule has 0 saturated heterocycles. The van der Waals surface area contributed by atoms with Crippen LogP contribution in [0.4, 0.5) is 0 Å². The molecule has 0 unspecified atom stereocenters. The van der Waals surface area contributed by atoms with E-state index in [0.717, 1.165) is 22.2 Å². The van der Waals surface area contributed by atoms with Gasteiger partial charge in [-0.3, -0.25) is 0 Å².